The van der Waals surface area contributed by atoms with E-state index in [-0.39, 0.29) is 23.4 Å². The molecule has 7 heteroatoms. The minimum absolute atomic E-state index is 0.0237. The van der Waals surface area contributed by atoms with E-state index in [1.54, 1.807) is 24.3 Å². The number of hydrogen-bond donors (Lipinski definition) is 1. The summed E-state index contributed by atoms with van der Waals surface area (Å²) >= 11 is 0. The molecule has 3 fully saturated rings. The van der Waals surface area contributed by atoms with Crippen LogP contribution in [-0.4, -0.2) is 41.4 Å². The van der Waals surface area contributed by atoms with Gasteiger partial charge in [-0.15, -0.1) is 0 Å². The first kappa shape index (κ1) is 15.8. The number of hydrogen-bond acceptors (Lipinski definition) is 5. The van der Waals surface area contributed by atoms with Gasteiger partial charge in [0.05, 0.1) is 4.92 Å². The summed E-state index contributed by atoms with van der Waals surface area (Å²) in [5, 5.41) is 13.8. The van der Waals surface area contributed by atoms with E-state index in [4.69, 9.17) is 4.42 Å². The van der Waals surface area contributed by atoms with E-state index in [1.807, 2.05) is 0 Å². The molecule has 1 N–H and O–H groups in total. The normalized spacial score (nSPS) is 24.9. The molecule has 0 saturated carbocycles. The van der Waals surface area contributed by atoms with Gasteiger partial charge in [0.2, 0.25) is 0 Å². The highest BCUT2D eigenvalue weighted by molar-refractivity contribution is 5.92. The maximum Gasteiger partial charge on any atom is 0.287 e. The van der Waals surface area contributed by atoms with Crippen LogP contribution in [0.5, 0.6) is 0 Å². The maximum atomic E-state index is 12.5. The Balaban J connectivity index is 1.45. The highest BCUT2D eigenvalue weighted by Crippen LogP contribution is 2.28. The van der Waals surface area contributed by atoms with Gasteiger partial charge in [0.15, 0.2) is 5.76 Å². The fourth-order valence-corrected chi connectivity index (χ4v) is 3.73. The van der Waals surface area contributed by atoms with Crippen LogP contribution < -0.4 is 5.32 Å². The fourth-order valence-electron chi connectivity index (χ4n) is 3.73. The number of non-ortho nitro benzene ring substituents is 1. The van der Waals surface area contributed by atoms with Crippen molar-refractivity contribution in [2.24, 2.45) is 5.92 Å². The van der Waals surface area contributed by atoms with E-state index in [9.17, 15) is 14.9 Å². The molecule has 0 radical (unpaired) electrons. The van der Waals surface area contributed by atoms with Crippen LogP contribution in [0.3, 0.4) is 0 Å². The lowest BCUT2D eigenvalue weighted by Crippen LogP contribution is -2.57. The van der Waals surface area contributed by atoms with Crippen LogP contribution in [0.15, 0.2) is 40.8 Å². The monoisotopic (exact) mass is 341 g/mol. The molecule has 2 bridgehead atoms. The van der Waals surface area contributed by atoms with Gasteiger partial charge < -0.3 is 14.6 Å². The molecule has 7 nitrogen and oxygen atoms in total. The van der Waals surface area contributed by atoms with E-state index in [1.165, 1.54) is 12.1 Å². The third-order valence-electron chi connectivity index (χ3n) is 5.17. The van der Waals surface area contributed by atoms with Crippen LogP contribution in [0.25, 0.3) is 11.3 Å². The second kappa shape index (κ2) is 6.33. The lowest BCUT2D eigenvalue weighted by atomic mass is 9.84. The number of nitro benzene ring substituents is 1. The number of fused-ring (bicyclic) bond motifs is 3. The molecule has 3 aliphatic heterocycles. The molecular formula is C18H19N3O4. The largest absolute Gasteiger partial charge is 0.451 e. The average molecular weight is 341 g/mol. The fraction of sp³-hybridized carbons (Fsp3) is 0.389. The topological polar surface area (TPSA) is 88.6 Å². The molecular weight excluding hydrogens is 322 g/mol. The molecule has 5 rings (SSSR count). The Labute approximate surface area is 144 Å². The zero-order chi connectivity index (χ0) is 17.4. The third kappa shape index (κ3) is 3.15. The standard InChI is InChI=1S/C18H19N3O4/c22-18(19-15-11-20-9-7-12(15)8-10-20)17-6-5-16(25-17)13-1-3-14(4-2-13)21(23)24/h1-6,12,15H,7-11H2,(H,19,22). The molecule has 130 valence electrons. The van der Waals surface area contributed by atoms with Gasteiger partial charge in [-0.3, -0.25) is 14.9 Å². The summed E-state index contributed by atoms with van der Waals surface area (Å²) in [4.78, 5) is 25.1. The van der Waals surface area contributed by atoms with Gasteiger partial charge in [-0.25, -0.2) is 0 Å². The molecule has 3 saturated heterocycles. The molecule has 4 heterocycles. The van der Waals surface area contributed by atoms with Gasteiger partial charge in [-0.1, -0.05) is 0 Å². The van der Waals surface area contributed by atoms with Crippen LogP contribution in [0.1, 0.15) is 23.4 Å². The highest BCUT2D eigenvalue weighted by Gasteiger charge is 2.35. The molecule has 1 amide bonds. The molecule has 1 atom stereocenters. The summed E-state index contributed by atoms with van der Waals surface area (Å²) in [7, 11) is 0. The number of rotatable bonds is 4. The molecule has 2 aromatic rings. The molecule has 25 heavy (non-hydrogen) atoms. The summed E-state index contributed by atoms with van der Waals surface area (Å²) < 4.78 is 5.66. The van der Waals surface area contributed by atoms with Gasteiger partial charge in [0.1, 0.15) is 5.76 Å². The van der Waals surface area contributed by atoms with E-state index >= 15 is 0 Å². The number of amides is 1. The molecule has 1 unspecified atom stereocenters. The van der Waals surface area contributed by atoms with E-state index < -0.39 is 4.92 Å². The first-order valence-corrected chi connectivity index (χ1v) is 8.48. The number of nitro groups is 1. The van der Waals surface area contributed by atoms with Crippen molar-refractivity contribution < 1.29 is 14.1 Å². The van der Waals surface area contributed by atoms with Crippen molar-refractivity contribution in [1.29, 1.82) is 0 Å². The number of piperidine rings is 3. The minimum atomic E-state index is -0.446. The summed E-state index contributed by atoms with van der Waals surface area (Å²) in [6.07, 6.45) is 2.27. The third-order valence-corrected chi connectivity index (χ3v) is 5.17. The van der Waals surface area contributed by atoms with Crippen LogP contribution in [-0.2, 0) is 0 Å². The zero-order valence-electron chi connectivity index (χ0n) is 13.7. The van der Waals surface area contributed by atoms with E-state index in [0.29, 0.717) is 17.2 Å². The lowest BCUT2D eigenvalue weighted by molar-refractivity contribution is -0.384. The van der Waals surface area contributed by atoms with Crippen molar-refractivity contribution in [2.75, 3.05) is 19.6 Å². The lowest BCUT2D eigenvalue weighted by Gasteiger charge is -2.44. The molecule has 1 aromatic carbocycles. The van der Waals surface area contributed by atoms with E-state index in [2.05, 4.69) is 10.2 Å². The smallest absolute Gasteiger partial charge is 0.287 e. The Kier molecular flexibility index (Phi) is 4.01. The first-order chi connectivity index (χ1) is 12.1. The van der Waals surface area contributed by atoms with Crippen molar-refractivity contribution in [3.63, 3.8) is 0 Å². The summed E-state index contributed by atoms with van der Waals surface area (Å²) in [5.41, 5.74) is 0.725. The van der Waals surface area contributed by atoms with Crippen molar-refractivity contribution in [3.05, 3.63) is 52.3 Å². The number of benzene rings is 1. The molecule has 1 aromatic heterocycles. The number of carbonyl (C=O) groups is 1. The van der Waals surface area contributed by atoms with Gasteiger partial charge in [0, 0.05) is 30.3 Å². The van der Waals surface area contributed by atoms with Gasteiger partial charge >= 0.3 is 0 Å². The maximum absolute atomic E-state index is 12.5. The van der Waals surface area contributed by atoms with Crippen molar-refractivity contribution in [3.8, 4) is 11.3 Å². The summed E-state index contributed by atoms with van der Waals surface area (Å²) in [5.74, 6) is 1.14. The van der Waals surface area contributed by atoms with Gasteiger partial charge in [-0.2, -0.15) is 0 Å². The molecule has 0 spiro atoms. The number of nitrogens with one attached hydrogen (secondary N) is 1. The Morgan fingerprint density at radius 1 is 1.16 bits per heavy atom. The summed E-state index contributed by atoms with van der Waals surface area (Å²) in [6.45, 7) is 3.16. The van der Waals surface area contributed by atoms with Crippen LogP contribution >= 0.6 is 0 Å². The van der Waals surface area contributed by atoms with Crippen molar-refractivity contribution >= 4 is 11.6 Å². The van der Waals surface area contributed by atoms with Crippen LogP contribution in [0.4, 0.5) is 5.69 Å². The van der Waals surface area contributed by atoms with Gasteiger partial charge in [-0.05, 0) is 56.1 Å². The number of furan rings is 1. The highest BCUT2D eigenvalue weighted by atomic mass is 16.6. The Morgan fingerprint density at radius 3 is 2.48 bits per heavy atom. The number of carbonyl (C=O) groups excluding carboxylic acids is 1. The van der Waals surface area contributed by atoms with Crippen LogP contribution in [0, 0.1) is 16.0 Å². The Bertz CT molecular complexity index is 791. The Hall–Kier alpha value is -2.67. The quantitative estimate of drug-likeness (QED) is 0.682. The van der Waals surface area contributed by atoms with E-state index in [0.717, 1.165) is 32.5 Å². The molecule has 0 aliphatic carbocycles. The zero-order valence-corrected chi connectivity index (χ0v) is 13.7. The minimum Gasteiger partial charge on any atom is -0.451 e. The second-order valence-corrected chi connectivity index (χ2v) is 6.69. The predicted molar refractivity (Wildman–Crippen MR) is 91.2 cm³/mol. The SMILES string of the molecule is O=C(NC1CN2CCC1CC2)c1ccc(-c2ccc([N+](=O)[O-])cc2)o1. The second-order valence-electron chi connectivity index (χ2n) is 6.69. The molecule has 3 aliphatic rings. The first-order valence-electron chi connectivity index (χ1n) is 8.48. The van der Waals surface area contributed by atoms with Crippen molar-refractivity contribution in [1.82, 2.24) is 10.2 Å². The average Bonchev–Trinajstić information content (AvgIpc) is 3.13. The van der Waals surface area contributed by atoms with Crippen molar-refractivity contribution in [2.45, 2.75) is 18.9 Å². The van der Waals surface area contributed by atoms with Crippen LogP contribution in [0.2, 0.25) is 0 Å². The summed E-state index contributed by atoms with van der Waals surface area (Å²) in [6, 6.07) is 9.62. The Morgan fingerprint density at radius 2 is 1.88 bits per heavy atom. The number of nitrogens with zero attached hydrogens (tertiary/aromatic N) is 2. The van der Waals surface area contributed by atoms with Gasteiger partial charge in [0.25, 0.3) is 11.6 Å². The predicted octanol–water partition coefficient (Wildman–Crippen LogP) is 2.68.